The Morgan fingerprint density at radius 2 is 0.970 bits per heavy atom. The van der Waals surface area contributed by atoms with Gasteiger partial charge in [-0.25, -0.2) is 0 Å². The summed E-state index contributed by atoms with van der Waals surface area (Å²) in [5, 5.41) is 10.5. The Kier molecular flexibility index (Phi) is 24.8. The van der Waals surface area contributed by atoms with Crippen molar-refractivity contribution < 1.29 is 20.4 Å². The fraction of sp³-hybridized carbons (Fsp3) is 0.310. The number of hydrogen-bond donors (Lipinski definition) is 0. The number of nitrogens with zero attached hydrogens (tertiary/aromatic N) is 3. The van der Waals surface area contributed by atoms with Crippen LogP contribution in [-0.2, 0) is 20.4 Å². The Bertz CT molecular complexity index is 744. The molecule has 0 radical (unpaired) electrons. The summed E-state index contributed by atoms with van der Waals surface area (Å²) >= 11 is 2.14. The van der Waals surface area contributed by atoms with Gasteiger partial charge in [0.25, 0.3) is 0 Å². The first-order chi connectivity index (χ1) is 15.9. The molecule has 0 fully saturated rings. The van der Waals surface area contributed by atoms with Crippen molar-refractivity contribution >= 4 is 12.2 Å². The second kappa shape index (κ2) is 24.6. The zero-order valence-corrected chi connectivity index (χ0v) is 23.3. The molecule has 0 saturated carbocycles. The van der Waals surface area contributed by atoms with Crippen molar-refractivity contribution in [2.45, 2.75) is 20.3 Å². The fourth-order valence-electron chi connectivity index (χ4n) is 2.14. The standard InChI is InChI=1S/C18H18.C5H5.3C2H6N.Ti/c1-15-7-11-17(12-8-15)5-3-4-6-18-13-9-16(2)10-14-18;1-2-4-5-3-1;3*1-3-2;/h3-14H,1-2H3;1-3H,4H2;3*1-2H3;/q;;3*-1;+3. The van der Waals surface area contributed by atoms with Crippen LogP contribution in [0.5, 0.6) is 0 Å². The zero-order valence-electron chi connectivity index (χ0n) is 21.7. The van der Waals surface area contributed by atoms with Gasteiger partial charge in [0.1, 0.15) is 0 Å². The summed E-state index contributed by atoms with van der Waals surface area (Å²) in [5.74, 6) is 0. The Morgan fingerprint density at radius 1 is 0.636 bits per heavy atom. The molecule has 0 spiro atoms. The van der Waals surface area contributed by atoms with Crippen LogP contribution in [0.25, 0.3) is 28.1 Å². The molecule has 1 aliphatic rings. The van der Waals surface area contributed by atoms with Crippen molar-refractivity contribution in [1.29, 1.82) is 0 Å². The number of hydrogen-bond acceptors (Lipinski definition) is 0. The van der Waals surface area contributed by atoms with Crippen LogP contribution in [0.15, 0.2) is 82.8 Å². The minimum absolute atomic E-state index is 1.17. The number of allylic oxidation sites excluding steroid dienone is 6. The molecule has 3 rings (SSSR count). The molecule has 0 atom stereocenters. The molecule has 0 N–H and O–H groups in total. The average molecular weight is 480 g/mol. The predicted molar refractivity (Wildman–Crippen MR) is 148 cm³/mol. The Labute approximate surface area is 215 Å². The molecule has 2 aromatic carbocycles. The van der Waals surface area contributed by atoms with Gasteiger partial charge in [-0.05, 0) is 25.0 Å². The number of rotatable bonds is 3. The van der Waals surface area contributed by atoms with E-state index in [1.54, 1.807) is 42.3 Å². The summed E-state index contributed by atoms with van der Waals surface area (Å²) in [7, 11) is 10.5. The molecule has 0 saturated heterocycles. The zero-order chi connectivity index (χ0) is 25.3. The predicted octanol–water partition coefficient (Wildman–Crippen LogP) is 8.27. The summed E-state index contributed by atoms with van der Waals surface area (Å²) in [5.41, 5.74) is 5.05. The average Bonchev–Trinajstić information content (AvgIpc) is 3.27. The van der Waals surface area contributed by atoms with E-state index in [0.29, 0.717) is 0 Å². The van der Waals surface area contributed by atoms with E-state index < -0.39 is 0 Å². The van der Waals surface area contributed by atoms with Gasteiger partial charge in [-0.1, -0.05) is 84.0 Å². The van der Waals surface area contributed by atoms with Gasteiger partial charge in [0.2, 0.25) is 0 Å². The maximum absolute atomic E-state index is 3.50. The van der Waals surface area contributed by atoms with Gasteiger partial charge >= 0.3 is 49.0 Å². The minimum atomic E-state index is 1.17. The van der Waals surface area contributed by atoms with Crippen LogP contribution in [0.3, 0.4) is 0 Å². The van der Waals surface area contributed by atoms with Crippen molar-refractivity contribution in [3.63, 3.8) is 0 Å². The molecule has 1 aliphatic carbocycles. The third-order valence-electron chi connectivity index (χ3n) is 3.61. The molecule has 0 amide bonds. The second-order valence-electron chi connectivity index (χ2n) is 7.21. The molecule has 2 aromatic rings. The van der Waals surface area contributed by atoms with Gasteiger partial charge in [-0.2, -0.15) is 42.3 Å². The van der Waals surface area contributed by atoms with E-state index in [9.17, 15) is 0 Å². The van der Waals surface area contributed by atoms with E-state index in [4.69, 9.17) is 0 Å². The van der Waals surface area contributed by atoms with E-state index in [-0.39, 0.29) is 0 Å². The first-order valence-electron chi connectivity index (χ1n) is 10.9. The first-order valence-corrected chi connectivity index (χ1v) is 11.7. The van der Waals surface area contributed by atoms with Gasteiger partial charge in [-0.15, -0.1) is 0 Å². The van der Waals surface area contributed by atoms with Crippen LogP contribution < -0.4 is 0 Å². The molecule has 33 heavy (non-hydrogen) atoms. The molecule has 0 unspecified atom stereocenters. The summed E-state index contributed by atoms with van der Waals surface area (Å²) in [6.45, 7) is 4.20. The monoisotopic (exact) mass is 479 g/mol. The Hall–Kier alpha value is -2.01. The number of aryl methyl sites for hydroxylation is 2. The molecule has 0 aliphatic heterocycles. The van der Waals surface area contributed by atoms with Crippen LogP contribution in [0.2, 0.25) is 0 Å². The van der Waals surface area contributed by atoms with Crippen LogP contribution in [-0.4, -0.2) is 42.3 Å². The van der Waals surface area contributed by atoms with E-state index in [0.717, 1.165) is 0 Å². The SMILES string of the molecule is C[N-]C.C[N-]C.C[N-]C.Cc1ccc(C=CC=Cc2ccc(C)cc2)cc1.[Ti+3][C]1=CC=CC1. The topological polar surface area (TPSA) is 42.3 Å². The van der Waals surface area contributed by atoms with Crippen molar-refractivity contribution in [3.05, 3.63) is 121 Å². The molecule has 3 nitrogen and oxygen atoms in total. The summed E-state index contributed by atoms with van der Waals surface area (Å²) in [6.07, 6.45) is 15.9. The van der Waals surface area contributed by atoms with E-state index >= 15 is 0 Å². The van der Waals surface area contributed by atoms with Gasteiger partial charge in [-0.3, -0.25) is 0 Å². The third kappa shape index (κ3) is 23.0. The molecule has 176 valence electrons. The molecule has 0 heterocycles. The van der Waals surface area contributed by atoms with E-state index in [1.807, 2.05) is 0 Å². The van der Waals surface area contributed by atoms with Crippen LogP contribution in [0, 0.1) is 13.8 Å². The molecule has 4 heteroatoms. The third-order valence-corrected chi connectivity index (χ3v) is 4.19. The quantitative estimate of drug-likeness (QED) is 0.314. The summed E-state index contributed by atoms with van der Waals surface area (Å²) in [4.78, 5) is 0. The summed E-state index contributed by atoms with van der Waals surface area (Å²) < 4.78 is 1.47. The first kappa shape index (κ1) is 33.2. The fourth-order valence-corrected chi connectivity index (χ4v) is 2.47. The molecule has 0 bridgehead atoms. The van der Waals surface area contributed by atoms with Crippen molar-refractivity contribution in [3.8, 4) is 0 Å². The second-order valence-corrected chi connectivity index (χ2v) is 8.21. The van der Waals surface area contributed by atoms with E-state index in [1.165, 1.54) is 32.6 Å². The van der Waals surface area contributed by atoms with Crippen molar-refractivity contribution in [2.24, 2.45) is 0 Å². The van der Waals surface area contributed by atoms with E-state index in [2.05, 4.69) is 141 Å². The molecule has 0 aromatic heterocycles. The van der Waals surface area contributed by atoms with Gasteiger partial charge in [0.05, 0.1) is 0 Å². The van der Waals surface area contributed by atoms with Gasteiger partial charge < -0.3 is 16.0 Å². The van der Waals surface area contributed by atoms with Crippen LogP contribution >= 0.6 is 0 Å². The van der Waals surface area contributed by atoms with Crippen LogP contribution in [0.1, 0.15) is 28.7 Å². The van der Waals surface area contributed by atoms with Crippen molar-refractivity contribution in [1.82, 2.24) is 0 Å². The Morgan fingerprint density at radius 3 is 1.18 bits per heavy atom. The summed E-state index contributed by atoms with van der Waals surface area (Å²) in [6, 6.07) is 17.0. The van der Waals surface area contributed by atoms with Gasteiger partial charge in [0.15, 0.2) is 0 Å². The molecular weight excluding hydrogens is 438 g/mol. The normalized spacial score (nSPS) is 11.3. The Balaban J connectivity index is 0. The molecular formula is C29H41N3Ti. The number of benzene rings is 2. The van der Waals surface area contributed by atoms with Gasteiger partial charge in [0, 0.05) is 0 Å². The van der Waals surface area contributed by atoms with Crippen molar-refractivity contribution in [2.75, 3.05) is 42.3 Å². The van der Waals surface area contributed by atoms with Crippen LogP contribution in [0.4, 0.5) is 0 Å². The maximum atomic E-state index is 3.50.